The second-order valence-electron chi connectivity index (χ2n) is 8.06. The first-order valence-corrected chi connectivity index (χ1v) is 12.4. The van der Waals surface area contributed by atoms with Crippen LogP contribution >= 0.6 is 0 Å². The van der Waals surface area contributed by atoms with Crippen LogP contribution < -0.4 is 21.5 Å². The molecule has 3 aromatic rings. The van der Waals surface area contributed by atoms with Crippen molar-refractivity contribution in [3.63, 3.8) is 0 Å². The minimum absolute atomic E-state index is 0.0704. The van der Waals surface area contributed by atoms with Gasteiger partial charge in [0.25, 0.3) is 0 Å². The van der Waals surface area contributed by atoms with E-state index in [-0.39, 0.29) is 24.3 Å². The summed E-state index contributed by atoms with van der Waals surface area (Å²) in [6.07, 6.45) is 3.85. The number of nitrogens with one attached hydrogen (secondary N) is 2. The number of carbonyl (C=O) groups excluding carboxylic acids is 2. The van der Waals surface area contributed by atoms with Gasteiger partial charge in [0, 0.05) is 24.2 Å². The van der Waals surface area contributed by atoms with E-state index in [2.05, 4.69) is 15.0 Å². The van der Waals surface area contributed by atoms with Crippen molar-refractivity contribution in [3.05, 3.63) is 72.1 Å². The van der Waals surface area contributed by atoms with Gasteiger partial charge in [-0.2, -0.15) is 4.72 Å². The zero-order chi connectivity index (χ0) is 24.7. The maximum atomic E-state index is 13.3. The van der Waals surface area contributed by atoms with E-state index in [4.69, 9.17) is 11.5 Å². The SMILES string of the molecule is Cc1ccc(S(=O)(=O)N[C@@H](CCCN)C(=O)N[C@@H](Cc2cccnc2)C(N)=O)c2ccccc12. The lowest BCUT2D eigenvalue weighted by molar-refractivity contribution is -0.128. The van der Waals surface area contributed by atoms with Crippen molar-refractivity contribution in [2.75, 3.05) is 6.54 Å². The summed E-state index contributed by atoms with van der Waals surface area (Å²) in [6, 6.07) is 11.7. The molecule has 2 aromatic carbocycles. The molecule has 0 saturated heterocycles. The van der Waals surface area contributed by atoms with Crippen molar-refractivity contribution in [1.29, 1.82) is 0 Å². The molecule has 180 valence electrons. The van der Waals surface area contributed by atoms with E-state index in [0.717, 1.165) is 10.9 Å². The average Bonchev–Trinajstić information content (AvgIpc) is 2.82. The fourth-order valence-corrected chi connectivity index (χ4v) is 5.16. The summed E-state index contributed by atoms with van der Waals surface area (Å²) in [5, 5.41) is 3.94. The molecule has 34 heavy (non-hydrogen) atoms. The van der Waals surface area contributed by atoms with Crippen LogP contribution in [0.4, 0.5) is 0 Å². The molecule has 2 atom stereocenters. The monoisotopic (exact) mass is 483 g/mol. The molecule has 1 heterocycles. The van der Waals surface area contributed by atoms with E-state index in [1.165, 1.54) is 6.07 Å². The number of nitrogens with zero attached hydrogens (tertiary/aromatic N) is 1. The number of carbonyl (C=O) groups is 2. The number of aromatic nitrogens is 1. The van der Waals surface area contributed by atoms with Crippen molar-refractivity contribution >= 4 is 32.6 Å². The third-order valence-electron chi connectivity index (χ3n) is 5.52. The first-order valence-electron chi connectivity index (χ1n) is 10.9. The molecule has 1 aromatic heterocycles. The normalized spacial score (nSPS) is 13.4. The van der Waals surface area contributed by atoms with Crippen LogP contribution in [0.5, 0.6) is 0 Å². The summed E-state index contributed by atoms with van der Waals surface area (Å²) in [5.41, 5.74) is 12.7. The number of hydrogen-bond donors (Lipinski definition) is 4. The Morgan fingerprint density at radius 2 is 1.76 bits per heavy atom. The molecule has 0 bridgehead atoms. The molecular weight excluding hydrogens is 454 g/mol. The van der Waals surface area contributed by atoms with Crippen LogP contribution in [0.25, 0.3) is 10.8 Å². The molecule has 0 aliphatic carbocycles. The van der Waals surface area contributed by atoms with Crippen LogP contribution in [0.1, 0.15) is 24.0 Å². The van der Waals surface area contributed by atoms with Gasteiger partial charge in [-0.05, 0) is 55.0 Å². The first-order chi connectivity index (χ1) is 16.2. The van der Waals surface area contributed by atoms with Gasteiger partial charge in [0.2, 0.25) is 21.8 Å². The maximum absolute atomic E-state index is 13.3. The number of benzene rings is 2. The van der Waals surface area contributed by atoms with Crippen LogP contribution in [0.15, 0.2) is 65.8 Å². The molecule has 0 radical (unpaired) electrons. The van der Waals surface area contributed by atoms with Gasteiger partial charge in [-0.25, -0.2) is 8.42 Å². The van der Waals surface area contributed by atoms with Gasteiger partial charge < -0.3 is 16.8 Å². The van der Waals surface area contributed by atoms with Crippen molar-refractivity contribution in [3.8, 4) is 0 Å². The van der Waals surface area contributed by atoms with Gasteiger partial charge >= 0.3 is 0 Å². The zero-order valence-corrected chi connectivity index (χ0v) is 19.7. The standard InChI is InChI=1S/C24H29N5O4S/c1-16-10-11-22(19-8-3-2-7-18(16)19)34(32,33)29-20(9-4-12-25)24(31)28-21(23(26)30)14-17-6-5-13-27-15-17/h2-3,5-8,10-11,13,15,20-21,29H,4,9,12,14,25H2,1H3,(H2,26,30)(H,28,31)/t20-,21-/m0/s1. The Labute approximate surface area is 199 Å². The van der Waals surface area contributed by atoms with Crippen molar-refractivity contribution in [1.82, 2.24) is 15.0 Å². The highest BCUT2D eigenvalue weighted by Gasteiger charge is 2.29. The number of hydrogen-bond acceptors (Lipinski definition) is 6. The summed E-state index contributed by atoms with van der Waals surface area (Å²) in [6.45, 7) is 2.17. The Bertz CT molecular complexity index is 1260. The maximum Gasteiger partial charge on any atom is 0.241 e. The molecule has 0 fully saturated rings. The van der Waals surface area contributed by atoms with E-state index >= 15 is 0 Å². The molecule has 0 aliphatic rings. The Morgan fingerprint density at radius 1 is 1.03 bits per heavy atom. The summed E-state index contributed by atoms with van der Waals surface area (Å²) in [4.78, 5) is 29.1. The van der Waals surface area contributed by atoms with E-state index in [1.54, 1.807) is 42.7 Å². The lowest BCUT2D eigenvalue weighted by Crippen LogP contribution is -2.53. The largest absolute Gasteiger partial charge is 0.368 e. The Morgan fingerprint density at radius 3 is 2.41 bits per heavy atom. The second-order valence-corrected chi connectivity index (χ2v) is 9.74. The highest BCUT2D eigenvalue weighted by Crippen LogP contribution is 2.26. The minimum Gasteiger partial charge on any atom is -0.368 e. The average molecular weight is 484 g/mol. The Hall–Kier alpha value is -3.34. The third kappa shape index (κ3) is 6.16. The lowest BCUT2D eigenvalue weighted by Gasteiger charge is -2.22. The second kappa shape index (κ2) is 11.2. The van der Waals surface area contributed by atoms with Crippen LogP contribution in [0.2, 0.25) is 0 Å². The van der Waals surface area contributed by atoms with Crippen molar-refractivity contribution < 1.29 is 18.0 Å². The Kier molecular flexibility index (Phi) is 8.32. The van der Waals surface area contributed by atoms with Gasteiger partial charge in [0.15, 0.2) is 0 Å². The van der Waals surface area contributed by atoms with Gasteiger partial charge in [0.05, 0.1) is 4.90 Å². The van der Waals surface area contributed by atoms with Crippen LogP contribution in [0, 0.1) is 6.92 Å². The molecule has 6 N–H and O–H groups in total. The quantitative estimate of drug-likeness (QED) is 0.320. The number of amides is 2. The number of sulfonamides is 1. The molecule has 0 unspecified atom stereocenters. The van der Waals surface area contributed by atoms with E-state index in [1.807, 2.05) is 19.1 Å². The predicted molar refractivity (Wildman–Crippen MR) is 130 cm³/mol. The summed E-state index contributed by atoms with van der Waals surface area (Å²) < 4.78 is 29.2. The first kappa shape index (κ1) is 25.3. The molecular formula is C24H29N5O4S. The van der Waals surface area contributed by atoms with Crippen molar-refractivity contribution in [2.45, 2.75) is 43.2 Å². The molecule has 0 saturated carbocycles. The summed E-state index contributed by atoms with van der Waals surface area (Å²) in [7, 11) is -4.07. The minimum atomic E-state index is -4.07. The van der Waals surface area contributed by atoms with E-state index < -0.39 is 33.9 Å². The molecule has 9 nitrogen and oxygen atoms in total. The topological polar surface area (TPSA) is 157 Å². The van der Waals surface area contributed by atoms with Gasteiger partial charge in [0.1, 0.15) is 12.1 Å². The highest BCUT2D eigenvalue weighted by atomic mass is 32.2. The number of nitrogens with two attached hydrogens (primary N) is 2. The van der Waals surface area contributed by atoms with Crippen LogP contribution in [-0.4, -0.2) is 43.8 Å². The van der Waals surface area contributed by atoms with Gasteiger partial charge in [-0.15, -0.1) is 0 Å². The molecule has 2 amide bonds. The van der Waals surface area contributed by atoms with Crippen LogP contribution in [-0.2, 0) is 26.0 Å². The number of fused-ring (bicyclic) bond motifs is 1. The van der Waals surface area contributed by atoms with E-state index in [0.29, 0.717) is 17.4 Å². The number of primary amides is 1. The molecule has 0 spiro atoms. The highest BCUT2D eigenvalue weighted by molar-refractivity contribution is 7.89. The number of rotatable bonds is 11. The van der Waals surface area contributed by atoms with Crippen LogP contribution in [0.3, 0.4) is 0 Å². The Balaban J connectivity index is 1.85. The van der Waals surface area contributed by atoms with Gasteiger partial charge in [-0.3, -0.25) is 14.6 Å². The predicted octanol–water partition coefficient (Wildman–Crippen LogP) is 1.14. The molecule has 10 heteroatoms. The van der Waals surface area contributed by atoms with E-state index in [9.17, 15) is 18.0 Å². The lowest BCUT2D eigenvalue weighted by atomic mass is 10.1. The smallest absolute Gasteiger partial charge is 0.241 e. The zero-order valence-electron chi connectivity index (χ0n) is 18.9. The summed E-state index contributed by atoms with van der Waals surface area (Å²) >= 11 is 0. The summed E-state index contributed by atoms with van der Waals surface area (Å²) in [5.74, 6) is -1.39. The van der Waals surface area contributed by atoms with Crippen molar-refractivity contribution in [2.24, 2.45) is 11.5 Å². The molecule has 0 aliphatic heterocycles. The third-order valence-corrected chi connectivity index (χ3v) is 7.05. The fraction of sp³-hybridized carbons (Fsp3) is 0.292. The fourth-order valence-electron chi connectivity index (χ4n) is 3.72. The number of pyridine rings is 1. The van der Waals surface area contributed by atoms with Gasteiger partial charge in [-0.1, -0.05) is 36.4 Å². The number of aryl methyl sites for hydroxylation is 1. The molecule has 3 rings (SSSR count).